The Kier molecular flexibility index (Phi) is 5.99. The molecule has 1 saturated heterocycles. The van der Waals surface area contributed by atoms with Gasteiger partial charge in [0, 0.05) is 31.7 Å². The number of likely N-dealkylation sites (tertiary alicyclic amines) is 1. The third kappa shape index (κ3) is 4.58. The van der Waals surface area contributed by atoms with Crippen LogP contribution in [-0.2, 0) is 9.53 Å². The highest BCUT2D eigenvalue weighted by Crippen LogP contribution is 2.32. The summed E-state index contributed by atoms with van der Waals surface area (Å²) in [6, 6.07) is 2.43. The fourth-order valence-electron chi connectivity index (χ4n) is 3.88. The number of benzene rings is 1. The van der Waals surface area contributed by atoms with Gasteiger partial charge in [-0.2, -0.15) is 0 Å². The van der Waals surface area contributed by atoms with Gasteiger partial charge in [0.15, 0.2) is 28.9 Å². The van der Waals surface area contributed by atoms with E-state index >= 15 is 0 Å². The van der Waals surface area contributed by atoms with E-state index in [0.29, 0.717) is 18.9 Å². The maximum Gasteiger partial charge on any atom is 0.312 e. The molecule has 166 valence electrons. The van der Waals surface area contributed by atoms with Crippen LogP contribution in [0.25, 0.3) is 11.3 Å². The van der Waals surface area contributed by atoms with Gasteiger partial charge in [-0.3, -0.25) is 9.59 Å². The lowest BCUT2D eigenvalue weighted by molar-refractivity contribution is -0.148. The van der Waals surface area contributed by atoms with Crippen LogP contribution < -0.4 is 5.32 Å². The molecule has 0 radical (unpaired) electrons. The SMILES string of the molecule is COC(=O)[C@@H]1CN(CC2CC2)CC[C@H]1NC(=O)c1cc(-c2ccc(F)c(F)c2F)on1. The van der Waals surface area contributed by atoms with Crippen molar-refractivity contribution < 1.29 is 32.0 Å². The summed E-state index contributed by atoms with van der Waals surface area (Å²) in [4.78, 5) is 27.2. The van der Waals surface area contributed by atoms with Crippen molar-refractivity contribution in [2.75, 3.05) is 26.7 Å². The van der Waals surface area contributed by atoms with Gasteiger partial charge in [0.05, 0.1) is 18.6 Å². The summed E-state index contributed by atoms with van der Waals surface area (Å²) < 4.78 is 50.5. The molecular formula is C21H22F3N3O4. The monoisotopic (exact) mass is 437 g/mol. The number of amides is 1. The molecule has 1 N–H and O–H groups in total. The lowest BCUT2D eigenvalue weighted by atomic mass is 9.91. The third-order valence-corrected chi connectivity index (χ3v) is 5.77. The Hall–Kier alpha value is -2.88. The molecule has 0 unspecified atom stereocenters. The van der Waals surface area contributed by atoms with Gasteiger partial charge in [0.2, 0.25) is 0 Å². The summed E-state index contributed by atoms with van der Waals surface area (Å²) >= 11 is 0. The maximum atomic E-state index is 14.0. The van der Waals surface area contributed by atoms with Gasteiger partial charge in [-0.15, -0.1) is 0 Å². The number of esters is 1. The van der Waals surface area contributed by atoms with E-state index in [2.05, 4.69) is 15.4 Å². The molecule has 0 bridgehead atoms. The normalized spacial score (nSPS) is 21.7. The van der Waals surface area contributed by atoms with E-state index in [-0.39, 0.29) is 17.0 Å². The van der Waals surface area contributed by atoms with Crippen LogP contribution in [0.15, 0.2) is 22.7 Å². The standard InChI is InChI=1S/C21H22F3N3O4/c1-30-21(29)13-10-27(9-11-2-3-11)7-6-15(13)25-20(28)16-8-17(31-26-16)12-4-5-14(22)19(24)18(12)23/h4-5,8,11,13,15H,2-3,6-7,9-10H2,1H3,(H,25,28)/t13-,15-/m1/s1. The van der Waals surface area contributed by atoms with Crippen LogP contribution in [0, 0.1) is 29.3 Å². The van der Waals surface area contributed by atoms with Gasteiger partial charge in [-0.05, 0) is 37.3 Å². The molecular weight excluding hydrogens is 415 g/mol. The molecule has 1 aliphatic carbocycles. The lowest BCUT2D eigenvalue weighted by Gasteiger charge is -2.37. The fraction of sp³-hybridized carbons (Fsp3) is 0.476. The second-order valence-electron chi connectivity index (χ2n) is 8.00. The van der Waals surface area contributed by atoms with E-state index < -0.39 is 41.3 Å². The van der Waals surface area contributed by atoms with Crippen LogP contribution in [0.3, 0.4) is 0 Å². The number of piperidine rings is 1. The number of hydrogen-bond donors (Lipinski definition) is 1. The first-order chi connectivity index (χ1) is 14.9. The zero-order chi connectivity index (χ0) is 22.1. The number of nitrogens with one attached hydrogen (secondary N) is 1. The number of methoxy groups -OCH3 is 1. The predicted molar refractivity (Wildman–Crippen MR) is 102 cm³/mol. The van der Waals surface area contributed by atoms with Crippen molar-refractivity contribution in [2.45, 2.75) is 25.3 Å². The van der Waals surface area contributed by atoms with E-state index in [9.17, 15) is 22.8 Å². The number of halogens is 3. The summed E-state index contributed by atoms with van der Waals surface area (Å²) in [5.41, 5.74) is -0.519. The number of carbonyl (C=O) groups is 2. The van der Waals surface area contributed by atoms with Crippen molar-refractivity contribution >= 4 is 11.9 Å². The molecule has 1 aromatic heterocycles. The third-order valence-electron chi connectivity index (χ3n) is 5.77. The topological polar surface area (TPSA) is 84.7 Å². The van der Waals surface area contributed by atoms with Crippen molar-refractivity contribution in [3.8, 4) is 11.3 Å². The molecule has 7 nitrogen and oxygen atoms in total. The Labute approximate surface area is 176 Å². The van der Waals surface area contributed by atoms with E-state index in [1.807, 2.05) is 0 Å². The molecule has 1 aliphatic heterocycles. The molecule has 1 amide bonds. The highest BCUT2D eigenvalue weighted by molar-refractivity contribution is 5.93. The minimum Gasteiger partial charge on any atom is -0.469 e. The molecule has 4 rings (SSSR count). The molecule has 2 fully saturated rings. The Balaban J connectivity index is 1.46. The van der Waals surface area contributed by atoms with Crippen molar-refractivity contribution in [3.05, 3.63) is 41.3 Å². The zero-order valence-corrected chi connectivity index (χ0v) is 16.9. The van der Waals surface area contributed by atoms with Crippen molar-refractivity contribution in [1.82, 2.24) is 15.4 Å². The quantitative estimate of drug-likeness (QED) is 0.553. The van der Waals surface area contributed by atoms with E-state index in [4.69, 9.17) is 9.26 Å². The van der Waals surface area contributed by atoms with Gasteiger partial charge in [0.1, 0.15) is 0 Å². The molecule has 2 atom stereocenters. The first kappa shape index (κ1) is 21.4. The summed E-state index contributed by atoms with van der Waals surface area (Å²) in [6.45, 7) is 2.15. The van der Waals surface area contributed by atoms with E-state index in [1.54, 1.807) is 0 Å². The Morgan fingerprint density at radius 2 is 2.00 bits per heavy atom. The molecule has 1 saturated carbocycles. The van der Waals surface area contributed by atoms with E-state index in [1.165, 1.54) is 20.0 Å². The predicted octanol–water partition coefficient (Wildman–Crippen LogP) is 2.76. The van der Waals surface area contributed by atoms with Gasteiger partial charge in [0.25, 0.3) is 5.91 Å². The smallest absolute Gasteiger partial charge is 0.312 e. The lowest BCUT2D eigenvalue weighted by Crippen LogP contribution is -2.54. The van der Waals surface area contributed by atoms with Gasteiger partial charge in [-0.25, -0.2) is 13.2 Å². The Morgan fingerprint density at radius 3 is 2.71 bits per heavy atom. The molecule has 2 aromatic rings. The van der Waals surface area contributed by atoms with Crippen LogP contribution in [0.1, 0.15) is 29.8 Å². The van der Waals surface area contributed by atoms with Crippen molar-refractivity contribution in [1.29, 1.82) is 0 Å². The fourth-order valence-corrected chi connectivity index (χ4v) is 3.88. The average Bonchev–Trinajstić information content (AvgIpc) is 3.44. The molecule has 1 aromatic carbocycles. The molecule has 31 heavy (non-hydrogen) atoms. The van der Waals surface area contributed by atoms with Gasteiger partial charge in [-0.1, -0.05) is 5.16 Å². The zero-order valence-electron chi connectivity index (χ0n) is 16.9. The molecule has 10 heteroatoms. The van der Waals surface area contributed by atoms with Crippen LogP contribution >= 0.6 is 0 Å². The molecule has 2 aliphatic rings. The summed E-state index contributed by atoms with van der Waals surface area (Å²) in [6.07, 6.45) is 2.96. The van der Waals surface area contributed by atoms with Crippen LogP contribution in [0.5, 0.6) is 0 Å². The Morgan fingerprint density at radius 1 is 1.23 bits per heavy atom. The number of carbonyl (C=O) groups excluding carboxylic acids is 2. The number of rotatable bonds is 6. The van der Waals surface area contributed by atoms with E-state index in [0.717, 1.165) is 31.3 Å². The van der Waals surface area contributed by atoms with Gasteiger partial charge >= 0.3 is 5.97 Å². The van der Waals surface area contributed by atoms with Gasteiger partial charge < -0.3 is 19.5 Å². The number of aromatic nitrogens is 1. The highest BCUT2D eigenvalue weighted by atomic mass is 19.2. The number of hydrogen-bond acceptors (Lipinski definition) is 6. The largest absolute Gasteiger partial charge is 0.469 e. The average molecular weight is 437 g/mol. The minimum absolute atomic E-state index is 0.164. The maximum absolute atomic E-state index is 14.0. The number of nitrogens with zero attached hydrogens (tertiary/aromatic N) is 2. The molecule has 2 heterocycles. The van der Waals surface area contributed by atoms with Crippen LogP contribution in [0.4, 0.5) is 13.2 Å². The van der Waals surface area contributed by atoms with Crippen LogP contribution in [-0.4, -0.2) is 54.7 Å². The van der Waals surface area contributed by atoms with Crippen molar-refractivity contribution in [2.24, 2.45) is 11.8 Å². The number of ether oxygens (including phenoxy) is 1. The Bertz CT molecular complexity index is 992. The first-order valence-electron chi connectivity index (χ1n) is 10.1. The summed E-state index contributed by atoms with van der Waals surface area (Å²) in [5, 5.41) is 6.38. The summed E-state index contributed by atoms with van der Waals surface area (Å²) in [7, 11) is 1.31. The van der Waals surface area contributed by atoms with Crippen LogP contribution in [0.2, 0.25) is 0 Å². The molecule has 0 spiro atoms. The second-order valence-corrected chi connectivity index (χ2v) is 8.00. The highest BCUT2D eigenvalue weighted by Gasteiger charge is 2.38. The second kappa shape index (κ2) is 8.70. The minimum atomic E-state index is -1.64. The van der Waals surface area contributed by atoms with Crippen molar-refractivity contribution in [3.63, 3.8) is 0 Å². The first-order valence-corrected chi connectivity index (χ1v) is 10.1. The summed E-state index contributed by atoms with van der Waals surface area (Å²) in [5.74, 6) is -5.50.